The van der Waals surface area contributed by atoms with Crippen LogP contribution in [0, 0.1) is 5.41 Å². The Morgan fingerprint density at radius 3 is 2.62 bits per heavy atom. The van der Waals surface area contributed by atoms with Crippen LogP contribution < -0.4 is 0 Å². The Labute approximate surface area is 94.3 Å². The van der Waals surface area contributed by atoms with Crippen LogP contribution in [0.15, 0.2) is 23.8 Å². The van der Waals surface area contributed by atoms with Crippen molar-refractivity contribution in [3.63, 3.8) is 0 Å². The van der Waals surface area contributed by atoms with Crippen molar-refractivity contribution in [1.29, 1.82) is 0 Å². The molecule has 2 atom stereocenters. The van der Waals surface area contributed by atoms with Gasteiger partial charge in [-0.25, -0.2) is 0 Å². The highest BCUT2D eigenvalue weighted by Crippen LogP contribution is 2.38. The van der Waals surface area contributed by atoms with Crippen molar-refractivity contribution in [2.45, 2.75) is 25.9 Å². The summed E-state index contributed by atoms with van der Waals surface area (Å²) in [6.45, 7) is 2.48. The number of hydrogen-bond donors (Lipinski definition) is 2. The monoisotopic (exact) mass is 224 g/mol. The van der Waals surface area contributed by atoms with Crippen molar-refractivity contribution in [2.24, 2.45) is 5.41 Å². The second-order valence-corrected chi connectivity index (χ2v) is 4.26. The summed E-state index contributed by atoms with van der Waals surface area (Å²) in [6.07, 6.45) is 5.53. The van der Waals surface area contributed by atoms with E-state index in [4.69, 9.17) is 5.11 Å². The maximum atomic E-state index is 11.4. The molecule has 0 saturated carbocycles. The molecule has 0 aromatic carbocycles. The molecule has 0 amide bonds. The minimum Gasteiger partial charge on any atom is -0.392 e. The first-order valence-corrected chi connectivity index (χ1v) is 5.08. The maximum Gasteiger partial charge on any atom is 0.162 e. The number of carbonyl (C=O) groups is 2. The van der Waals surface area contributed by atoms with Crippen molar-refractivity contribution in [3.8, 4) is 0 Å². The van der Waals surface area contributed by atoms with Crippen LogP contribution in [0.4, 0.5) is 0 Å². The Kier molecular flexibility index (Phi) is 3.45. The molecule has 1 aliphatic rings. The molecule has 0 aromatic rings. The highest BCUT2D eigenvalue weighted by molar-refractivity contribution is 5.90. The van der Waals surface area contributed by atoms with E-state index in [9.17, 15) is 14.7 Å². The topological polar surface area (TPSA) is 74.6 Å². The van der Waals surface area contributed by atoms with Gasteiger partial charge < -0.3 is 15.0 Å². The van der Waals surface area contributed by atoms with Crippen LogP contribution in [0.3, 0.4) is 0 Å². The minimum absolute atomic E-state index is 0.117. The van der Waals surface area contributed by atoms with Crippen molar-refractivity contribution in [2.75, 3.05) is 6.61 Å². The first kappa shape index (κ1) is 12.8. The number of rotatable bonds is 4. The number of aliphatic hydroxyl groups is 2. The molecule has 1 rings (SSSR count). The highest BCUT2D eigenvalue weighted by atomic mass is 16.3. The largest absolute Gasteiger partial charge is 0.392 e. The number of Topliss-reactive ketones (excluding diaryl/α,β-unsaturated/α-hetero) is 1. The molecule has 16 heavy (non-hydrogen) atoms. The third-order valence-corrected chi connectivity index (χ3v) is 3.28. The third-order valence-electron chi connectivity index (χ3n) is 3.28. The summed E-state index contributed by atoms with van der Waals surface area (Å²) in [5, 5.41) is 19.0. The molecule has 0 fully saturated rings. The Morgan fingerprint density at radius 1 is 1.69 bits per heavy atom. The average molecular weight is 224 g/mol. The van der Waals surface area contributed by atoms with Crippen LogP contribution in [0.1, 0.15) is 20.3 Å². The Hall–Kier alpha value is -1.26. The molecule has 2 N–H and O–H groups in total. The lowest BCUT2D eigenvalue weighted by molar-refractivity contribution is -0.149. The van der Waals surface area contributed by atoms with Crippen LogP contribution in [-0.4, -0.2) is 34.5 Å². The number of allylic oxidation sites excluding steroid dienone is 1. The van der Waals surface area contributed by atoms with Gasteiger partial charge in [-0.3, -0.25) is 4.79 Å². The van der Waals surface area contributed by atoms with Crippen molar-refractivity contribution >= 4 is 12.1 Å². The van der Waals surface area contributed by atoms with Gasteiger partial charge in [-0.05, 0) is 25.8 Å². The van der Waals surface area contributed by atoms with Crippen molar-refractivity contribution in [3.05, 3.63) is 23.8 Å². The summed E-state index contributed by atoms with van der Waals surface area (Å²) in [5.74, 6) is -0.454. The van der Waals surface area contributed by atoms with Gasteiger partial charge in [-0.2, -0.15) is 0 Å². The molecule has 0 unspecified atom stereocenters. The molecule has 0 saturated heterocycles. The van der Waals surface area contributed by atoms with Crippen molar-refractivity contribution in [1.82, 2.24) is 0 Å². The zero-order valence-electron chi connectivity index (χ0n) is 9.43. The Bertz CT molecular complexity index is 365. The van der Waals surface area contributed by atoms with E-state index < -0.39 is 16.8 Å². The van der Waals surface area contributed by atoms with Gasteiger partial charge in [-0.15, -0.1) is 0 Å². The van der Waals surface area contributed by atoms with Gasteiger partial charge in [0.25, 0.3) is 0 Å². The van der Waals surface area contributed by atoms with Gasteiger partial charge in [0.2, 0.25) is 0 Å². The van der Waals surface area contributed by atoms with Crippen LogP contribution >= 0.6 is 0 Å². The number of carbonyl (C=O) groups excluding carboxylic acids is 2. The van der Waals surface area contributed by atoms with E-state index in [2.05, 4.69) is 0 Å². The zero-order valence-corrected chi connectivity index (χ0v) is 9.43. The van der Waals surface area contributed by atoms with Crippen LogP contribution in [0.5, 0.6) is 0 Å². The van der Waals surface area contributed by atoms with E-state index in [0.717, 1.165) is 0 Å². The predicted octanol–water partition coefficient (Wildman–Crippen LogP) is 0.390. The fourth-order valence-electron chi connectivity index (χ4n) is 1.70. The van der Waals surface area contributed by atoms with Crippen LogP contribution in [0.2, 0.25) is 0 Å². The number of aliphatic hydroxyl groups excluding tert-OH is 1. The third kappa shape index (κ3) is 1.86. The Morgan fingerprint density at radius 2 is 2.31 bits per heavy atom. The minimum atomic E-state index is -1.72. The lowest BCUT2D eigenvalue weighted by Crippen LogP contribution is -2.51. The normalized spacial score (nSPS) is 28.1. The zero-order chi connectivity index (χ0) is 12.4. The fraction of sp³-hybridized carbons (Fsp3) is 0.500. The van der Waals surface area contributed by atoms with Gasteiger partial charge in [0.15, 0.2) is 5.78 Å². The molecule has 1 aliphatic carbocycles. The molecule has 0 bridgehead atoms. The fourth-order valence-corrected chi connectivity index (χ4v) is 1.70. The Balaban J connectivity index is 3.09. The number of aldehydes is 1. The molecule has 88 valence electrons. The molecular formula is C12H16O4. The highest BCUT2D eigenvalue weighted by Gasteiger charge is 2.48. The van der Waals surface area contributed by atoms with E-state index in [1.807, 2.05) is 0 Å². The molecule has 0 radical (unpaired) electrons. The summed E-state index contributed by atoms with van der Waals surface area (Å²) in [4.78, 5) is 22.5. The SMILES string of the molecule is CC(=O)[C@@](C)(O)[C@]1(C=O)C=CC(CO)=CC1. The van der Waals surface area contributed by atoms with Crippen LogP contribution in [0.25, 0.3) is 0 Å². The lowest BCUT2D eigenvalue weighted by Gasteiger charge is -2.38. The second kappa shape index (κ2) is 4.31. The van der Waals surface area contributed by atoms with Gasteiger partial charge in [-0.1, -0.05) is 18.2 Å². The predicted molar refractivity (Wildman–Crippen MR) is 58.7 cm³/mol. The molecular weight excluding hydrogens is 208 g/mol. The first-order chi connectivity index (χ1) is 7.39. The summed E-state index contributed by atoms with van der Waals surface area (Å²) in [6, 6.07) is 0. The average Bonchev–Trinajstić information content (AvgIpc) is 2.28. The summed E-state index contributed by atoms with van der Waals surface area (Å²) in [5.41, 5.74) is -2.27. The smallest absolute Gasteiger partial charge is 0.162 e. The number of ketones is 1. The molecule has 0 spiro atoms. The quantitative estimate of drug-likeness (QED) is 0.677. The lowest BCUT2D eigenvalue weighted by atomic mass is 9.67. The van der Waals surface area contributed by atoms with Gasteiger partial charge in [0.1, 0.15) is 11.9 Å². The summed E-state index contributed by atoms with van der Waals surface area (Å²) >= 11 is 0. The van der Waals surface area contributed by atoms with E-state index >= 15 is 0 Å². The summed E-state index contributed by atoms with van der Waals surface area (Å²) < 4.78 is 0. The molecule has 0 aliphatic heterocycles. The van der Waals surface area contributed by atoms with Crippen LogP contribution in [-0.2, 0) is 9.59 Å². The second-order valence-electron chi connectivity index (χ2n) is 4.26. The number of hydrogen-bond acceptors (Lipinski definition) is 4. The molecule has 4 heteroatoms. The van der Waals surface area contributed by atoms with Gasteiger partial charge in [0, 0.05) is 0 Å². The van der Waals surface area contributed by atoms with Crippen molar-refractivity contribution < 1.29 is 19.8 Å². The molecule has 4 nitrogen and oxygen atoms in total. The molecule has 0 heterocycles. The maximum absolute atomic E-state index is 11.4. The van der Waals surface area contributed by atoms with Gasteiger partial charge >= 0.3 is 0 Å². The molecule has 0 aromatic heterocycles. The standard InChI is InChI=1S/C12H16O4/c1-9(15)11(2,16)12(8-14)5-3-10(7-13)4-6-12/h3-5,8,13,16H,6-7H2,1-2H3/t11-,12-/m1/s1. The summed E-state index contributed by atoms with van der Waals surface area (Å²) in [7, 11) is 0. The van der Waals surface area contributed by atoms with Gasteiger partial charge in [0.05, 0.1) is 12.0 Å². The van der Waals surface area contributed by atoms with E-state index in [1.165, 1.54) is 19.9 Å². The van der Waals surface area contributed by atoms with E-state index in [1.54, 1.807) is 12.2 Å². The first-order valence-electron chi connectivity index (χ1n) is 5.08. The van der Waals surface area contributed by atoms with E-state index in [0.29, 0.717) is 11.9 Å². The van der Waals surface area contributed by atoms with E-state index in [-0.39, 0.29) is 13.0 Å².